The van der Waals surface area contributed by atoms with E-state index in [2.05, 4.69) is 0 Å². The lowest BCUT2D eigenvalue weighted by atomic mass is 10.1. The Labute approximate surface area is 89.4 Å². The van der Waals surface area contributed by atoms with Crippen LogP contribution >= 0.6 is 22.2 Å². The van der Waals surface area contributed by atoms with Gasteiger partial charge in [-0.3, -0.25) is 0 Å². The first kappa shape index (κ1) is 14.4. The summed E-state index contributed by atoms with van der Waals surface area (Å²) in [7, 11) is -1.88. The van der Waals surface area contributed by atoms with Crippen LogP contribution in [0.1, 0.15) is 19.3 Å². The molecule has 0 fully saturated rings. The molecule has 0 aromatic rings. The second-order valence-corrected chi connectivity index (χ2v) is 8.03. The number of hydrogen-bond donors (Lipinski definition) is 0. The Morgan fingerprint density at radius 3 is 1.79 bits per heavy atom. The van der Waals surface area contributed by atoms with E-state index in [1.165, 1.54) is 0 Å². The molecule has 0 aromatic carbocycles. The van der Waals surface area contributed by atoms with Crippen LogP contribution in [-0.4, -0.2) is 19.5 Å². The third-order valence-electron chi connectivity index (χ3n) is 1.58. The molecule has 0 unspecified atom stereocenters. The lowest BCUT2D eigenvalue weighted by Gasteiger charge is -2.19. The minimum Gasteiger partial charge on any atom is -0.196 e. The van der Waals surface area contributed by atoms with Gasteiger partial charge in [0.1, 0.15) is 0 Å². The Kier molecular flexibility index (Phi) is 5.68. The average molecular weight is 275 g/mol. The lowest BCUT2D eigenvalue weighted by molar-refractivity contribution is -0.284. The maximum atomic E-state index is 12.3. The van der Waals surface area contributed by atoms with Crippen molar-refractivity contribution in [3.63, 3.8) is 0 Å². The van der Waals surface area contributed by atoms with E-state index < -0.39 is 25.9 Å². The molecule has 0 N–H and O–H groups in total. The van der Waals surface area contributed by atoms with Crippen molar-refractivity contribution in [3.05, 3.63) is 0 Å². The minimum atomic E-state index is -5.45. The molecule has 0 rings (SSSR count). The number of rotatable bonds is 5. The molecular weight excluding hydrogens is 266 g/mol. The molecular formula is C6H9Cl2F5Si. The fraction of sp³-hybridized carbons (Fsp3) is 1.00. The predicted octanol–water partition coefficient (Wildman–Crippen LogP) is 4.05. The van der Waals surface area contributed by atoms with Gasteiger partial charge in [-0.2, -0.15) is 44.1 Å². The van der Waals surface area contributed by atoms with E-state index in [9.17, 15) is 22.0 Å². The van der Waals surface area contributed by atoms with Gasteiger partial charge in [-0.05, 0) is 12.5 Å². The van der Waals surface area contributed by atoms with E-state index >= 15 is 0 Å². The summed E-state index contributed by atoms with van der Waals surface area (Å²) in [5.74, 6) is -4.59. The Morgan fingerprint density at radius 1 is 0.929 bits per heavy atom. The van der Waals surface area contributed by atoms with Crippen LogP contribution < -0.4 is 0 Å². The first-order valence-corrected chi connectivity index (χ1v) is 8.20. The largest absolute Gasteiger partial charge is 0.453 e. The zero-order valence-corrected chi connectivity index (χ0v) is 9.72. The molecule has 0 saturated carbocycles. The van der Waals surface area contributed by atoms with E-state index in [1.807, 2.05) is 0 Å². The summed E-state index contributed by atoms with van der Waals surface area (Å²) < 4.78 is 59.4. The highest BCUT2D eigenvalue weighted by Gasteiger charge is 2.56. The first-order chi connectivity index (χ1) is 6.17. The smallest absolute Gasteiger partial charge is 0.196 e. The van der Waals surface area contributed by atoms with E-state index in [4.69, 9.17) is 22.2 Å². The molecule has 0 spiro atoms. The average Bonchev–Trinajstić information content (AvgIpc) is 1.95. The number of halogens is 7. The highest BCUT2D eigenvalue weighted by Crippen LogP contribution is 2.39. The zero-order valence-electron chi connectivity index (χ0n) is 7.05. The van der Waals surface area contributed by atoms with Gasteiger partial charge in [0, 0.05) is 6.42 Å². The summed E-state index contributed by atoms with van der Waals surface area (Å²) in [5, 5.41) is 0. The van der Waals surface area contributed by atoms with Crippen LogP contribution in [0.5, 0.6) is 0 Å². The van der Waals surface area contributed by atoms with Crippen LogP contribution in [0.2, 0.25) is 6.04 Å². The molecule has 0 radical (unpaired) electrons. The number of alkyl halides is 5. The number of unbranched alkanes of at least 4 members (excludes halogenated alkanes) is 1. The fourth-order valence-corrected chi connectivity index (χ4v) is 2.31. The van der Waals surface area contributed by atoms with E-state index in [-0.39, 0.29) is 12.8 Å². The van der Waals surface area contributed by atoms with Crippen LogP contribution in [0.4, 0.5) is 22.0 Å². The summed E-state index contributed by atoms with van der Waals surface area (Å²) in [6.45, 7) is 0. The highest BCUT2D eigenvalue weighted by atomic mass is 35.7. The van der Waals surface area contributed by atoms with Crippen LogP contribution in [0.3, 0.4) is 0 Å². The molecule has 0 atom stereocenters. The van der Waals surface area contributed by atoms with Crippen LogP contribution in [0.25, 0.3) is 0 Å². The van der Waals surface area contributed by atoms with Gasteiger partial charge in [0.2, 0.25) is 7.42 Å². The molecule has 14 heavy (non-hydrogen) atoms. The van der Waals surface area contributed by atoms with Crippen molar-refractivity contribution in [2.45, 2.75) is 37.4 Å². The standard InChI is InChI=1S/C6H9Cl2F5Si/c7-14(8)4-2-1-3-5(9,10)6(11,12)13/h14H,1-4H2. The van der Waals surface area contributed by atoms with Gasteiger partial charge >= 0.3 is 12.1 Å². The Bertz CT molecular complexity index is 170. The highest BCUT2D eigenvalue weighted by molar-refractivity contribution is 7.33. The lowest BCUT2D eigenvalue weighted by Crippen LogP contribution is -2.36. The minimum absolute atomic E-state index is 0.213. The van der Waals surface area contributed by atoms with Gasteiger partial charge in [-0.15, -0.1) is 0 Å². The van der Waals surface area contributed by atoms with Gasteiger partial charge in [-0.25, -0.2) is 0 Å². The molecule has 8 heteroatoms. The van der Waals surface area contributed by atoms with E-state index in [1.54, 1.807) is 0 Å². The maximum absolute atomic E-state index is 12.3. The molecule has 0 aromatic heterocycles. The van der Waals surface area contributed by atoms with Crippen LogP contribution in [-0.2, 0) is 0 Å². The second-order valence-electron chi connectivity index (χ2n) is 2.84. The van der Waals surface area contributed by atoms with Crippen LogP contribution in [0, 0.1) is 0 Å². The third-order valence-corrected chi connectivity index (χ3v) is 3.73. The van der Waals surface area contributed by atoms with Gasteiger partial charge in [0.05, 0.1) is 0 Å². The SMILES string of the molecule is FC(F)(F)C(F)(F)CCCC[SiH](Cl)Cl. The van der Waals surface area contributed by atoms with Crippen LogP contribution in [0.15, 0.2) is 0 Å². The fourth-order valence-electron chi connectivity index (χ4n) is 0.787. The summed E-state index contributed by atoms with van der Waals surface area (Å²) >= 11 is 10.8. The van der Waals surface area contributed by atoms with Crippen molar-refractivity contribution < 1.29 is 22.0 Å². The topological polar surface area (TPSA) is 0 Å². The van der Waals surface area contributed by atoms with E-state index in [0.717, 1.165) is 0 Å². The van der Waals surface area contributed by atoms with Crippen molar-refractivity contribution >= 4 is 29.6 Å². The molecule has 0 heterocycles. The molecule has 0 bridgehead atoms. The third kappa shape index (κ3) is 5.36. The van der Waals surface area contributed by atoms with Gasteiger partial charge in [0.25, 0.3) is 0 Å². The van der Waals surface area contributed by atoms with Crippen molar-refractivity contribution in [2.24, 2.45) is 0 Å². The summed E-state index contributed by atoms with van der Waals surface area (Å²) in [5.41, 5.74) is 0. The second kappa shape index (κ2) is 5.51. The van der Waals surface area contributed by atoms with Crippen molar-refractivity contribution in [1.29, 1.82) is 0 Å². The van der Waals surface area contributed by atoms with E-state index in [0.29, 0.717) is 6.04 Å². The molecule has 0 nitrogen and oxygen atoms in total. The summed E-state index contributed by atoms with van der Waals surface area (Å²) in [4.78, 5) is 0. The number of hydrogen-bond acceptors (Lipinski definition) is 0. The Hall–Kier alpha value is 0.447. The molecule has 0 amide bonds. The first-order valence-electron chi connectivity index (χ1n) is 3.89. The quantitative estimate of drug-likeness (QED) is 0.307. The van der Waals surface area contributed by atoms with Crippen molar-refractivity contribution in [3.8, 4) is 0 Å². The summed E-state index contributed by atoms with van der Waals surface area (Å²) in [6.07, 6.45) is -6.64. The monoisotopic (exact) mass is 274 g/mol. The van der Waals surface area contributed by atoms with Gasteiger partial charge in [0.15, 0.2) is 0 Å². The van der Waals surface area contributed by atoms with Crippen molar-refractivity contribution in [1.82, 2.24) is 0 Å². The molecule has 0 aliphatic carbocycles. The predicted molar refractivity (Wildman–Crippen MR) is 48.5 cm³/mol. The zero-order chi connectivity index (χ0) is 11.4. The normalized spacial score (nSPS) is 13.7. The Balaban J connectivity index is 3.78. The Morgan fingerprint density at radius 2 is 1.43 bits per heavy atom. The maximum Gasteiger partial charge on any atom is 0.453 e. The molecule has 0 aliphatic rings. The van der Waals surface area contributed by atoms with Gasteiger partial charge < -0.3 is 0 Å². The summed E-state index contributed by atoms with van der Waals surface area (Å²) in [6, 6.07) is 0.358. The molecule has 0 aliphatic heterocycles. The van der Waals surface area contributed by atoms with Gasteiger partial charge in [-0.1, -0.05) is 6.42 Å². The van der Waals surface area contributed by atoms with Crippen molar-refractivity contribution in [2.75, 3.05) is 0 Å². The molecule has 86 valence electrons. The molecule has 0 saturated heterocycles.